The van der Waals surface area contributed by atoms with Crippen LogP contribution in [0.3, 0.4) is 0 Å². The SMILES string of the molecule is O=C(c1cc[nH]c1)c1ccccc1OC(F)F. The second kappa shape index (κ2) is 4.78. The molecule has 0 spiro atoms. The molecule has 0 aliphatic heterocycles. The zero-order chi connectivity index (χ0) is 12.3. The van der Waals surface area contributed by atoms with Gasteiger partial charge in [0.1, 0.15) is 5.75 Å². The second-order valence-corrected chi connectivity index (χ2v) is 3.30. The van der Waals surface area contributed by atoms with Crippen molar-refractivity contribution < 1.29 is 18.3 Å². The van der Waals surface area contributed by atoms with E-state index in [1.807, 2.05) is 0 Å². The van der Waals surface area contributed by atoms with Gasteiger partial charge in [0.15, 0.2) is 5.78 Å². The van der Waals surface area contributed by atoms with Crippen LogP contribution >= 0.6 is 0 Å². The van der Waals surface area contributed by atoms with Crippen molar-refractivity contribution in [2.45, 2.75) is 6.61 Å². The van der Waals surface area contributed by atoms with Gasteiger partial charge in [0.2, 0.25) is 0 Å². The third-order valence-electron chi connectivity index (χ3n) is 2.21. The van der Waals surface area contributed by atoms with Crippen LogP contribution in [-0.2, 0) is 0 Å². The molecule has 0 aliphatic rings. The molecule has 0 fully saturated rings. The molecule has 0 atom stereocenters. The minimum absolute atomic E-state index is 0.117. The Balaban J connectivity index is 2.35. The molecular weight excluding hydrogens is 228 g/mol. The van der Waals surface area contributed by atoms with Gasteiger partial charge in [-0.15, -0.1) is 0 Å². The number of carbonyl (C=O) groups is 1. The zero-order valence-electron chi connectivity index (χ0n) is 8.69. The highest BCUT2D eigenvalue weighted by atomic mass is 19.3. The van der Waals surface area contributed by atoms with E-state index in [9.17, 15) is 13.6 Å². The Morgan fingerprint density at radius 2 is 2.00 bits per heavy atom. The van der Waals surface area contributed by atoms with Gasteiger partial charge in [0.05, 0.1) is 5.56 Å². The van der Waals surface area contributed by atoms with Crippen molar-refractivity contribution in [3.8, 4) is 5.75 Å². The zero-order valence-corrected chi connectivity index (χ0v) is 8.69. The Morgan fingerprint density at radius 3 is 2.65 bits per heavy atom. The van der Waals surface area contributed by atoms with Crippen LogP contribution in [0.2, 0.25) is 0 Å². The normalized spacial score (nSPS) is 10.5. The summed E-state index contributed by atoms with van der Waals surface area (Å²) in [7, 11) is 0. The molecule has 2 aromatic rings. The lowest BCUT2D eigenvalue weighted by Crippen LogP contribution is -2.08. The number of hydrogen-bond donors (Lipinski definition) is 1. The van der Waals surface area contributed by atoms with E-state index < -0.39 is 6.61 Å². The van der Waals surface area contributed by atoms with Gasteiger partial charge in [-0.25, -0.2) is 0 Å². The van der Waals surface area contributed by atoms with Gasteiger partial charge in [-0.05, 0) is 18.2 Å². The van der Waals surface area contributed by atoms with Gasteiger partial charge in [-0.2, -0.15) is 8.78 Å². The van der Waals surface area contributed by atoms with Crippen molar-refractivity contribution in [2.75, 3.05) is 0 Å². The number of halogens is 2. The first-order valence-corrected chi connectivity index (χ1v) is 4.90. The quantitative estimate of drug-likeness (QED) is 0.831. The van der Waals surface area contributed by atoms with Crippen LogP contribution in [0.5, 0.6) is 5.75 Å². The van der Waals surface area contributed by atoms with E-state index in [1.54, 1.807) is 18.3 Å². The maximum absolute atomic E-state index is 12.2. The molecule has 5 heteroatoms. The van der Waals surface area contributed by atoms with Crippen LogP contribution in [0.4, 0.5) is 8.78 Å². The van der Waals surface area contributed by atoms with Crippen LogP contribution < -0.4 is 4.74 Å². The van der Waals surface area contributed by atoms with E-state index in [4.69, 9.17) is 0 Å². The first-order chi connectivity index (χ1) is 8.18. The van der Waals surface area contributed by atoms with Crippen LogP contribution in [-0.4, -0.2) is 17.4 Å². The molecule has 0 radical (unpaired) electrons. The molecule has 0 amide bonds. The number of rotatable bonds is 4. The first-order valence-electron chi connectivity index (χ1n) is 4.90. The molecule has 0 unspecified atom stereocenters. The Labute approximate surface area is 96.0 Å². The fraction of sp³-hybridized carbons (Fsp3) is 0.0833. The highest BCUT2D eigenvalue weighted by molar-refractivity contribution is 6.10. The fourth-order valence-electron chi connectivity index (χ4n) is 1.47. The Bertz CT molecular complexity index is 509. The molecule has 0 saturated heterocycles. The minimum Gasteiger partial charge on any atom is -0.434 e. The summed E-state index contributed by atoms with van der Waals surface area (Å²) >= 11 is 0. The summed E-state index contributed by atoms with van der Waals surface area (Å²) in [6.07, 6.45) is 3.09. The topological polar surface area (TPSA) is 42.1 Å². The van der Waals surface area contributed by atoms with Crippen molar-refractivity contribution in [3.63, 3.8) is 0 Å². The van der Waals surface area contributed by atoms with Crippen molar-refractivity contribution in [3.05, 3.63) is 53.9 Å². The highest BCUT2D eigenvalue weighted by Gasteiger charge is 2.16. The minimum atomic E-state index is -2.95. The average molecular weight is 237 g/mol. The van der Waals surface area contributed by atoms with Crippen molar-refractivity contribution >= 4 is 5.78 Å². The number of ether oxygens (including phenoxy) is 1. The number of H-pyrrole nitrogens is 1. The number of aromatic amines is 1. The monoisotopic (exact) mass is 237 g/mol. The third-order valence-corrected chi connectivity index (χ3v) is 2.21. The summed E-state index contributed by atoms with van der Waals surface area (Å²) in [6.45, 7) is -2.95. The summed E-state index contributed by atoms with van der Waals surface area (Å²) in [6, 6.07) is 7.49. The van der Waals surface area contributed by atoms with Crippen molar-refractivity contribution in [1.29, 1.82) is 0 Å². The van der Waals surface area contributed by atoms with Gasteiger partial charge in [0.25, 0.3) is 0 Å². The average Bonchev–Trinajstić information content (AvgIpc) is 2.81. The van der Waals surface area contributed by atoms with E-state index in [0.29, 0.717) is 5.56 Å². The second-order valence-electron chi connectivity index (χ2n) is 3.30. The number of hydrogen-bond acceptors (Lipinski definition) is 2. The molecule has 2 rings (SSSR count). The molecular formula is C12H9F2NO2. The maximum atomic E-state index is 12.2. The van der Waals surface area contributed by atoms with Crippen LogP contribution in [0.15, 0.2) is 42.7 Å². The van der Waals surface area contributed by atoms with E-state index in [2.05, 4.69) is 9.72 Å². The number of para-hydroxylation sites is 1. The lowest BCUT2D eigenvalue weighted by molar-refractivity contribution is -0.0501. The molecule has 17 heavy (non-hydrogen) atoms. The van der Waals surface area contributed by atoms with Gasteiger partial charge < -0.3 is 9.72 Å². The number of alkyl halides is 2. The predicted molar refractivity (Wildman–Crippen MR) is 57.3 cm³/mol. The summed E-state index contributed by atoms with van der Waals surface area (Å²) in [4.78, 5) is 14.7. The summed E-state index contributed by atoms with van der Waals surface area (Å²) < 4.78 is 28.6. The Hall–Kier alpha value is -2.17. The van der Waals surface area contributed by atoms with Crippen molar-refractivity contribution in [2.24, 2.45) is 0 Å². The lowest BCUT2D eigenvalue weighted by atomic mass is 10.1. The molecule has 3 nitrogen and oxygen atoms in total. The largest absolute Gasteiger partial charge is 0.434 e. The molecule has 1 aromatic heterocycles. The number of ketones is 1. The molecule has 1 aromatic carbocycles. The van der Waals surface area contributed by atoms with Gasteiger partial charge in [-0.3, -0.25) is 4.79 Å². The highest BCUT2D eigenvalue weighted by Crippen LogP contribution is 2.23. The van der Waals surface area contributed by atoms with E-state index in [1.165, 1.54) is 24.4 Å². The summed E-state index contributed by atoms with van der Waals surface area (Å²) in [5.41, 5.74) is 0.516. The van der Waals surface area contributed by atoms with E-state index >= 15 is 0 Å². The molecule has 0 bridgehead atoms. The van der Waals surface area contributed by atoms with Gasteiger partial charge in [0, 0.05) is 18.0 Å². The first kappa shape index (κ1) is 11.3. The van der Waals surface area contributed by atoms with Crippen LogP contribution in [0, 0.1) is 0 Å². The summed E-state index contributed by atoms with van der Waals surface area (Å²) in [5.74, 6) is -0.476. The molecule has 0 aliphatic carbocycles. The number of benzene rings is 1. The van der Waals surface area contributed by atoms with Gasteiger partial charge in [-0.1, -0.05) is 12.1 Å². The van der Waals surface area contributed by atoms with E-state index in [-0.39, 0.29) is 17.1 Å². The molecule has 1 heterocycles. The Kier molecular flexibility index (Phi) is 3.18. The number of nitrogens with one attached hydrogen (secondary N) is 1. The van der Waals surface area contributed by atoms with Gasteiger partial charge >= 0.3 is 6.61 Å². The number of carbonyl (C=O) groups excluding carboxylic acids is 1. The molecule has 88 valence electrons. The lowest BCUT2D eigenvalue weighted by Gasteiger charge is -2.08. The van der Waals surface area contributed by atoms with Crippen LogP contribution in [0.25, 0.3) is 0 Å². The maximum Gasteiger partial charge on any atom is 0.387 e. The molecule has 1 N–H and O–H groups in total. The molecule has 0 saturated carbocycles. The smallest absolute Gasteiger partial charge is 0.387 e. The predicted octanol–water partition coefficient (Wildman–Crippen LogP) is 2.85. The number of aromatic nitrogens is 1. The van der Waals surface area contributed by atoms with Crippen molar-refractivity contribution in [1.82, 2.24) is 4.98 Å². The van der Waals surface area contributed by atoms with Crippen LogP contribution in [0.1, 0.15) is 15.9 Å². The Morgan fingerprint density at radius 1 is 1.24 bits per heavy atom. The standard InChI is InChI=1S/C12H9F2NO2/c13-12(14)17-10-4-2-1-3-9(10)11(16)8-5-6-15-7-8/h1-7,12,15H. The third kappa shape index (κ3) is 2.50. The fourth-order valence-corrected chi connectivity index (χ4v) is 1.47. The summed E-state index contributed by atoms with van der Waals surface area (Å²) in [5, 5.41) is 0. The van der Waals surface area contributed by atoms with E-state index in [0.717, 1.165) is 0 Å².